The van der Waals surface area contributed by atoms with Gasteiger partial charge < -0.3 is 9.84 Å². The highest BCUT2D eigenvalue weighted by Gasteiger charge is 2.50. The standard InChI is InChI=1S/C15H24O4/c1-8(2)10-5-4-9(3)6-13(10)19-15(18)12-7-11(12)14(16)17/h8-13H,4-7H2,1-3H3,(H,16,17)/t9-,10+,11+,12+,13?/m1/s1. The number of aliphatic carboxylic acids is 1. The molecule has 5 atom stereocenters. The van der Waals surface area contributed by atoms with Crippen molar-refractivity contribution in [2.45, 2.75) is 52.6 Å². The van der Waals surface area contributed by atoms with Gasteiger partial charge in [-0.3, -0.25) is 9.59 Å². The normalized spacial score (nSPS) is 38.0. The maximum Gasteiger partial charge on any atom is 0.310 e. The first-order chi connectivity index (χ1) is 8.90. The Hall–Kier alpha value is -1.06. The molecule has 2 aliphatic carbocycles. The van der Waals surface area contributed by atoms with Crippen LogP contribution in [0.5, 0.6) is 0 Å². The van der Waals surface area contributed by atoms with Crippen molar-refractivity contribution in [3.05, 3.63) is 0 Å². The molecule has 0 aromatic rings. The second-order valence-corrected chi connectivity index (χ2v) is 6.59. The molecule has 108 valence electrons. The minimum atomic E-state index is -0.876. The minimum Gasteiger partial charge on any atom is -0.481 e. The first-order valence-corrected chi connectivity index (χ1v) is 7.33. The summed E-state index contributed by atoms with van der Waals surface area (Å²) in [7, 11) is 0. The predicted molar refractivity (Wildman–Crippen MR) is 70.5 cm³/mol. The monoisotopic (exact) mass is 268 g/mol. The van der Waals surface area contributed by atoms with Gasteiger partial charge in [0.1, 0.15) is 6.10 Å². The molecule has 0 aromatic carbocycles. The first-order valence-electron chi connectivity index (χ1n) is 7.33. The maximum absolute atomic E-state index is 12.0. The summed E-state index contributed by atoms with van der Waals surface area (Å²) in [6.45, 7) is 6.52. The molecule has 19 heavy (non-hydrogen) atoms. The van der Waals surface area contributed by atoms with Crippen LogP contribution in [0.2, 0.25) is 0 Å². The molecule has 0 amide bonds. The van der Waals surface area contributed by atoms with E-state index < -0.39 is 17.8 Å². The van der Waals surface area contributed by atoms with Crippen molar-refractivity contribution in [2.75, 3.05) is 0 Å². The predicted octanol–water partition coefficient (Wildman–Crippen LogP) is 2.71. The summed E-state index contributed by atoms with van der Waals surface area (Å²) in [4.78, 5) is 22.8. The van der Waals surface area contributed by atoms with Crippen molar-refractivity contribution >= 4 is 11.9 Å². The molecule has 0 heterocycles. The summed E-state index contributed by atoms with van der Waals surface area (Å²) in [5.74, 6) is -0.575. The Bertz CT molecular complexity index is 363. The van der Waals surface area contributed by atoms with Crippen LogP contribution in [0.4, 0.5) is 0 Å². The van der Waals surface area contributed by atoms with Crippen molar-refractivity contribution in [1.29, 1.82) is 0 Å². The second kappa shape index (κ2) is 5.51. The van der Waals surface area contributed by atoms with Crippen LogP contribution in [0.15, 0.2) is 0 Å². The SMILES string of the molecule is CC(C)[C@@H]1CC[C@@H](C)CC1OC(=O)[C@H]1C[C@@H]1C(=O)O. The summed E-state index contributed by atoms with van der Waals surface area (Å²) in [6, 6.07) is 0. The molecule has 2 rings (SSSR count). The number of ether oxygens (including phenoxy) is 1. The van der Waals surface area contributed by atoms with Crippen LogP contribution >= 0.6 is 0 Å². The van der Waals surface area contributed by atoms with E-state index in [1.54, 1.807) is 0 Å². The average molecular weight is 268 g/mol. The molecule has 2 fully saturated rings. The van der Waals surface area contributed by atoms with Gasteiger partial charge in [-0.1, -0.05) is 27.2 Å². The molecule has 1 unspecified atom stereocenters. The topological polar surface area (TPSA) is 63.6 Å². The van der Waals surface area contributed by atoms with Gasteiger partial charge >= 0.3 is 11.9 Å². The number of carboxylic acids is 1. The molecular formula is C15H24O4. The molecule has 0 bridgehead atoms. The minimum absolute atomic E-state index is 0.0219. The molecule has 2 saturated carbocycles. The zero-order chi connectivity index (χ0) is 14.2. The van der Waals surface area contributed by atoms with Crippen LogP contribution in [-0.2, 0) is 14.3 Å². The van der Waals surface area contributed by atoms with Crippen molar-refractivity contribution in [2.24, 2.45) is 29.6 Å². The smallest absolute Gasteiger partial charge is 0.310 e. The van der Waals surface area contributed by atoms with Crippen LogP contribution in [0.25, 0.3) is 0 Å². The fourth-order valence-electron chi connectivity index (χ4n) is 3.22. The van der Waals surface area contributed by atoms with Gasteiger partial charge in [-0.25, -0.2) is 0 Å². The van der Waals surface area contributed by atoms with E-state index in [0.29, 0.717) is 24.2 Å². The van der Waals surface area contributed by atoms with Crippen LogP contribution < -0.4 is 0 Å². The maximum atomic E-state index is 12.0. The van der Waals surface area contributed by atoms with Gasteiger partial charge in [-0.15, -0.1) is 0 Å². The van der Waals surface area contributed by atoms with E-state index in [2.05, 4.69) is 20.8 Å². The average Bonchev–Trinajstić information content (AvgIpc) is 3.08. The molecule has 0 aromatic heterocycles. The lowest BCUT2D eigenvalue weighted by Crippen LogP contribution is -2.36. The number of esters is 1. The zero-order valence-electron chi connectivity index (χ0n) is 12.0. The number of carboxylic acid groups (broad SMARTS) is 1. The first kappa shape index (κ1) is 14.4. The van der Waals surface area contributed by atoms with Crippen molar-refractivity contribution in [1.82, 2.24) is 0 Å². The molecule has 2 aliphatic rings. The molecule has 0 aliphatic heterocycles. The van der Waals surface area contributed by atoms with Crippen LogP contribution in [0.3, 0.4) is 0 Å². The van der Waals surface area contributed by atoms with Gasteiger partial charge in [0.2, 0.25) is 0 Å². The van der Waals surface area contributed by atoms with E-state index in [0.717, 1.165) is 12.8 Å². The Morgan fingerprint density at radius 3 is 2.37 bits per heavy atom. The highest BCUT2D eigenvalue weighted by atomic mass is 16.5. The van der Waals surface area contributed by atoms with E-state index >= 15 is 0 Å². The summed E-state index contributed by atoms with van der Waals surface area (Å²) in [6.07, 6.45) is 3.63. The lowest BCUT2D eigenvalue weighted by Gasteiger charge is -2.36. The fraction of sp³-hybridized carbons (Fsp3) is 0.867. The van der Waals surface area contributed by atoms with Crippen molar-refractivity contribution < 1.29 is 19.4 Å². The molecule has 4 nitrogen and oxygen atoms in total. The molecule has 1 N–H and O–H groups in total. The summed E-state index contributed by atoms with van der Waals surface area (Å²) >= 11 is 0. The Balaban J connectivity index is 1.92. The van der Waals surface area contributed by atoms with E-state index in [4.69, 9.17) is 9.84 Å². The number of hydrogen-bond donors (Lipinski definition) is 1. The quantitative estimate of drug-likeness (QED) is 0.796. The highest BCUT2D eigenvalue weighted by Crippen LogP contribution is 2.42. The number of carbonyl (C=O) groups is 2. The van der Waals surface area contributed by atoms with Gasteiger partial charge in [0.25, 0.3) is 0 Å². The van der Waals surface area contributed by atoms with Gasteiger partial charge in [0.05, 0.1) is 11.8 Å². The van der Waals surface area contributed by atoms with Gasteiger partial charge in [-0.05, 0) is 37.0 Å². The third-order valence-electron chi connectivity index (χ3n) is 4.64. The Labute approximate surface area is 114 Å². The van der Waals surface area contributed by atoms with Gasteiger partial charge in [0.15, 0.2) is 0 Å². The van der Waals surface area contributed by atoms with Crippen LogP contribution in [-0.4, -0.2) is 23.1 Å². The van der Waals surface area contributed by atoms with Gasteiger partial charge in [-0.2, -0.15) is 0 Å². The lowest BCUT2D eigenvalue weighted by molar-refractivity contribution is -0.159. The fourth-order valence-corrected chi connectivity index (χ4v) is 3.22. The Kier molecular flexibility index (Phi) is 4.16. The number of carbonyl (C=O) groups excluding carboxylic acids is 1. The largest absolute Gasteiger partial charge is 0.481 e. The van der Waals surface area contributed by atoms with Gasteiger partial charge in [0, 0.05) is 0 Å². The van der Waals surface area contributed by atoms with Crippen LogP contribution in [0, 0.1) is 29.6 Å². The molecule has 0 radical (unpaired) electrons. The van der Waals surface area contributed by atoms with E-state index in [1.165, 1.54) is 6.42 Å². The van der Waals surface area contributed by atoms with E-state index in [9.17, 15) is 9.59 Å². The highest BCUT2D eigenvalue weighted by molar-refractivity contribution is 5.86. The lowest BCUT2D eigenvalue weighted by atomic mass is 9.75. The van der Waals surface area contributed by atoms with E-state index in [1.807, 2.05) is 0 Å². The summed E-state index contributed by atoms with van der Waals surface area (Å²) in [5.41, 5.74) is 0. The third kappa shape index (κ3) is 3.28. The van der Waals surface area contributed by atoms with Crippen LogP contribution in [0.1, 0.15) is 46.5 Å². The number of rotatable bonds is 4. The molecule has 0 saturated heterocycles. The summed E-state index contributed by atoms with van der Waals surface area (Å²) < 4.78 is 5.64. The van der Waals surface area contributed by atoms with E-state index in [-0.39, 0.29) is 12.1 Å². The van der Waals surface area contributed by atoms with Crippen molar-refractivity contribution in [3.63, 3.8) is 0 Å². The zero-order valence-corrected chi connectivity index (χ0v) is 12.0. The molecule has 4 heteroatoms. The van der Waals surface area contributed by atoms with Crippen molar-refractivity contribution in [3.8, 4) is 0 Å². The second-order valence-electron chi connectivity index (χ2n) is 6.59. The molecule has 0 spiro atoms. The summed E-state index contributed by atoms with van der Waals surface area (Å²) in [5, 5.41) is 8.85. The number of hydrogen-bond acceptors (Lipinski definition) is 3. The Morgan fingerprint density at radius 1 is 1.16 bits per heavy atom. The molecular weight excluding hydrogens is 244 g/mol. The third-order valence-corrected chi connectivity index (χ3v) is 4.64. The Morgan fingerprint density at radius 2 is 1.84 bits per heavy atom.